The average Bonchev–Trinajstić information content (AvgIpc) is 2.71. The lowest BCUT2D eigenvalue weighted by molar-refractivity contribution is -0.120. The molecule has 1 aromatic carbocycles. The smallest absolute Gasteiger partial charge is 0.237 e. The van der Waals surface area contributed by atoms with Gasteiger partial charge in [0.1, 0.15) is 0 Å². The first-order valence-corrected chi connectivity index (χ1v) is 11.2. The number of anilines is 1. The number of carbonyl (C=O) groups is 2. The van der Waals surface area contributed by atoms with Crippen molar-refractivity contribution in [2.24, 2.45) is 0 Å². The molecule has 0 spiro atoms. The van der Waals surface area contributed by atoms with Gasteiger partial charge in [-0.05, 0) is 37.8 Å². The molecular weight excluding hydrogens is 360 g/mol. The van der Waals surface area contributed by atoms with Crippen molar-refractivity contribution in [3.8, 4) is 0 Å². The Kier molecular flexibility index (Phi) is 5.11. The quantitative estimate of drug-likeness (QED) is 0.820. The molecule has 1 aromatic rings. The molecule has 1 fully saturated rings. The van der Waals surface area contributed by atoms with Crippen molar-refractivity contribution < 1.29 is 18.0 Å². The number of carbonyl (C=O) groups excluding carboxylic acids is 2. The number of nitrogens with one attached hydrogen (secondary N) is 2. The third-order valence-corrected chi connectivity index (χ3v) is 7.79. The van der Waals surface area contributed by atoms with E-state index in [0.717, 1.165) is 17.7 Å². The SMILES string of the molecule is CC1(NC(=O)CSC2CCc3ccccc3NC2=O)CCS(=O)(=O)C1. The maximum atomic E-state index is 12.3. The zero-order chi connectivity index (χ0) is 18.1. The monoisotopic (exact) mass is 382 g/mol. The van der Waals surface area contributed by atoms with Crippen molar-refractivity contribution in [1.82, 2.24) is 5.32 Å². The summed E-state index contributed by atoms with van der Waals surface area (Å²) in [5.41, 5.74) is 1.24. The van der Waals surface area contributed by atoms with Crippen LogP contribution in [0.3, 0.4) is 0 Å². The molecule has 0 saturated carbocycles. The summed E-state index contributed by atoms with van der Waals surface area (Å²) >= 11 is 1.31. The number of rotatable bonds is 4. The molecule has 136 valence electrons. The van der Waals surface area contributed by atoms with Gasteiger partial charge in [-0.25, -0.2) is 8.42 Å². The first-order chi connectivity index (χ1) is 11.8. The fourth-order valence-corrected chi connectivity index (χ4v) is 6.32. The third-order valence-electron chi connectivity index (χ3n) is 4.60. The van der Waals surface area contributed by atoms with Crippen molar-refractivity contribution in [3.05, 3.63) is 29.8 Å². The normalized spacial score (nSPS) is 27.9. The van der Waals surface area contributed by atoms with Gasteiger partial charge >= 0.3 is 0 Å². The Morgan fingerprint density at radius 3 is 2.88 bits per heavy atom. The Bertz CT molecular complexity index is 794. The van der Waals surface area contributed by atoms with Crippen molar-refractivity contribution in [3.63, 3.8) is 0 Å². The highest BCUT2D eigenvalue weighted by Gasteiger charge is 2.39. The zero-order valence-corrected chi connectivity index (χ0v) is 15.7. The van der Waals surface area contributed by atoms with Crippen LogP contribution < -0.4 is 10.6 Å². The number of para-hydroxylation sites is 1. The van der Waals surface area contributed by atoms with Crippen molar-refractivity contribution >= 4 is 39.1 Å². The number of hydrogen-bond acceptors (Lipinski definition) is 5. The van der Waals surface area contributed by atoms with E-state index < -0.39 is 15.4 Å². The third kappa shape index (κ3) is 4.55. The van der Waals surface area contributed by atoms with E-state index >= 15 is 0 Å². The Labute approximate surface area is 152 Å². The fourth-order valence-electron chi connectivity index (χ4n) is 3.31. The van der Waals surface area contributed by atoms with Crippen LogP contribution in [0.15, 0.2) is 24.3 Å². The van der Waals surface area contributed by atoms with E-state index in [1.54, 1.807) is 6.92 Å². The van der Waals surface area contributed by atoms with E-state index in [0.29, 0.717) is 12.8 Å². The molecule has 2 atom stereocenters. The molecular formula is C17H22N2O4S2. The summed E-state index contributed by atoms with van der Waals surface area (Å²) in [7, 11) is -3.06. The highest BCUT2D eigenvalue weighted by atomic mass is 32.2. The Morgan fingerprint density at radius 2 is 2.16 bits per heavy atom. The van der Waals surface area contributed by atoms with Crippen LogP contribution in [0.4, 0.5) is 5.69 Å². The Morgan fingerprint density at radius 1 is 1.40 bits per heavy atom. The molecule has 2 aliphatic heterocycles. The lowest BCUT2D eigenvalue weighted by Gasteiger charge is -2.24. The molecule has 1 saturated heterocycles. The predicted molar refractivity (Wildman–Crippen MR) is 99.5 cm³/mol. The number of fused-ring (bicyclic) bond motifs is 1. The first-order valence-electron chi connectivity index (χ1n) is 8.28. The number of aryl methyl sites for hydroxylation is 1. The van der Waals surface area contributed by atoms with Gasteiger partial charge in [-0.15, -0.1) is 11.8 Å². The van der Waals surface area contributed by atoms with Crippen LogP contribution in [0.25, 0.3) is 0 Å². The molecule has 0 aromatic heterocycles. The second kappa shape index (κ2) is 6.99. The summed E-state index contributed by atoms with van der Waals surface area (Å²) in [6, 6.07) is 7.71. The minimum absolute atomic E-state index is 0.0182. The lowest BCUT2D eigenvalue weighted by atomic mass is 10.0. The number of benzene rings is 1. The van der Waals surface area contributed by atoms with Crippen LogP contribution in [0.1, 0.15) is 25.3 Å². The number of hydrogen-bond donors (Lipinski definition) is 2. The average molecular weight is 383 g/mol. The standard InChI is InChI=1S/C17H22N2O4S2/c1-17(8-9-25(22,23)11-17)19-15(20)10-24-14-7-6-12-4-2-3-5-13(12)18-16(14)21/h2-5,14H,6-11H2,1H3,(H,18,21)(H,19,20). The highest BCUT2D eigenvalue weighted by molar-refractivity contribution is 8.01. The van der Waals surface area contributed by atoms with E-state index in [-0.39, 0.29) is 34.3 Å². The van der Waals surface area contributed by atoms with E-state index in [1.807, 2.05) is 24.3 Å². The van der Waals surface area contributed by atoms with Crippen molar-refractivity contribution in [2.45, 2.75) is 37.0 Å². The van der Waals surface area contributed by atoms with Crippen LogP contribution in [-0.2, 0) is 25.8 Å². The van der Waals surface area contributed by atoms with E-state index in [4.69, 9.17) is 0 Å². The van der Waals surface area contributed by atoms with Gasteiger partial charge in [-0.2, -0.15) is 0 Å². The van der Waals surface area contributed by atoms with Gasteiger partial charge in [-0.3, -0.25) is 9.59 Å². The van der Waals surface area contributed by atoms with E-state index in [1.165, 1.54) is 11.8 Å². The second-order valence-electron chi connectivity index (χ2n) is 6.94. The molecule has 0 bridgehead atoms. The Hall–Kier alpha value is -1.54. The van der Waals surface area contributed by atoms with Crippen LogP contribution in [-0.4, -0.2) is 48.3 Å². The molecule has 2 unspecified atom stereocenters. The summed E-state index contributed by atoms with van der Waals surface area (Å²) in [6.07, 6.45) is 1.89. The minimum Gasteiger partial charge on any atom is -0.349 e. The van der Waals surface area contributed by atoms with Crippen LogP contribution in [0.5, 0.6) is 0 Å². The Balaban J connectivity index is 1.53. The van der Waals surface area contributed by atoms with Crippen molar-refractivity contribution in [1.29, 1.82) is 0 Å². The van der Waals surface area contributed by atoms with Crippen LogP contribution in [0.2, 0.25) is 0 Å². The summed E-state index contributed by atoms with van der Waals surface area (Å²) in [5, 5.41) is 5.45. The molecule has 2 heterocycles. The topological polar surface area (TPSA) is 92.3 Å². The van der Waals surface area contributed by atoms with Gasteiger partial charge < -0.3 is 10.6 Å². The zero-order valence-electron chi connectivity index (χ0n) is 14.1. The van der Waals surface area contributed by atoms with Gasteiger partial charge in [0.15, 0.2) is 9.84 Å². The van der Waals surface area contributed by atoms with E-state index in [9.17, 15) is 18.0 Å². The molecule has 2 amide bonds. The van der Waals surface area contributed by atoms with Gasteiger partial charge in [0, 0.05) is 5.69 Å². The van der Waals surface area contributed by atoms with E-state index in [2.05, 4.69) is 10.6 Å². The highest BCUT2D eigenvalue weighted by Crippen LogP contribution is 2.27. The maximum Gasteiger partial charge on any atom is 0.237 e. The number of amides is 2. The van der Waals surface area contributed by atoms with Gasteiger partial charge in [0.05, 0.1) is 28.0 Å². The summed E-state index contributed by atoms with van der Waals surface area (Å²) < 4.78 is 23.2. The molecule has 25 heavy (non-hydrogen) atoms. The number of thioether (sulfide) groups is 1. The number of sulfone groups is 1. The summed E-state index contributed by atoms with van der Waals surface area (Å²) in [6.45, 7) is 1.76. The van der Waals surface area contributed by atoms with Crippen molar-refractivity contribution in [2.75, 3.05) is 22.6 Å². The second-order valence-corrected chi connectivity index (χ2v) is 10.3. The molecule has 3 rings (SSSR count). The molecule has 0 aliphatic carbocycles. The van der Waals surface area contributed by atoms with Crippen LogP contribution >= 0.6 is 11.8 Å². The predicted octanol–water partition coefficient (Wildman–Crippen LogP) is 1.37. The van der Waals surface area contributed by atoms with Crippen LogP contribution in [0, 0.1) is 0 Å². The molecule has 2 N–H and O–H groups in total. The minimum atomic E-state index is -3.06. The molecule has 8 heteroatoms. The maximum absolute atomic E-state index is 12.3. The van der Waals surface area contributed by atoms with Gasteiger partial charge in [0.25, 0.3) is 0 Å². The molecule has 2 aliphatic rings. The summed E-state index contributed by atoms with van der Waals surface area (Å²) in [5.74, 6) is -0.0727. The van der Waals surface area contributed by atoms with Gasteiger partial charge in [-0.1, -0.05) is 18.2 Å². The van der Waals surface area contributed by atoms with Gasteiger partial charge in [0.2, 0.25) is 11.8 Å². The molecule has 0 radical (unpaired) electrons. The largest absolute Gasteiger partial charge is 0.349 e. The molecule has 6 nitrogen and oxygen atoms in total. The lowest BCUT2D eigenvalue weighted by Crippen LogP contribution is -2.47. The summed E-state index contributed by atoms with van der Waals surface area (Å²) in [4.78, 5) is 24.5. The fraction of sp³-hybridized carbons (Fsp3) is 0.529. The first kappa shape index (κ1) is 18.3.